The topological polar surface area (TPSA) is 0 Å². The Balaban J connectivity index is 3.76. The van der Waals surface area contributed by atoms with Crippen LogP contribution in [0.4, 0.5) is 4.39 Å². The predicted molar refractivity (Wildman–Crippen MR) is 112 cm³/mol. The maximum absolute atomic E-state index is 14.6. The smallest absolute Gasteiger partial charge is 0.105 e. The molecule has 0 bridgehead atoms. The summed E-state index contributed by atoms with van der Waals surface area (Å²) in [6.07, 6.45) is -0.0805. The average Bonchev–Trinajstić information content (AvgIpc) is 2.31. The third-order valence-corrected chi connectivity index (χ3v) is 39.5. The zero-order chi connectivity index (χ0) is 17.4. The third-order valence-electron chi connectivity index (χ3n) is 5.43. The van der Waals surface area contributed by atoms with E-state index in [0.29, 0.717) is 3.91 Å². The number of rotatable bonds is 6. The minimum atomic E-state index is -1.68. The summed E-state index contributed by atoms with van der Waals surface area (Å²) < 4.78 is 14.9. The predicted octanol–water partition coefficient (Wildman–Crippen LogP) is 5.00. The van der Waals surface area contributed by atoms with Gasteiger partial charge in [0, 0.05) is 24.2 Å². The summed E-state index contributed by atoms with van der Waals surface area (Å²) in [5, 5.41) is 1.36. The van der Waals surface area contributed by atoms with E-state index < -0.39 is 33.0 Å². The summed E-state index contributed by atoms with van der Waals surface area (Å²) in [6, 6.07) is 10.7. The molecule has 0 saturated carbocycles. The molecule has 0 nitrogen and oxygen atoms in total. The van der Waals surface area contributed by atoms with Crippen molar-refractivity contribution in [3.63, 3.8) is 0 Å². The van der Waals surface area contributed by atoms with Crippen LogP contribution < -0.4 is 5.19 Å². The molecule has 1 unspecified atom stereocenters. The molecule has 126 valence electrons. The molecule has 0 saturated heterocycles. The van der Waals surface area contributed by atoms with Crippen molar-refractivity contribution in [2.75, 3.05) is 6.30 Å². The van der Waals surface area contributed by atoms with E-state index in [1.54, 1.807) is 0 Å². The summed E-state index contributed by atoms with van der Waals surface area (Å²) in [6.45, 7) is 22.6. The van der Waals surface area contributed by atoms with Gasteiger partial charge < -0.3 is 0 Å². The highest BCUT2D eigenvalue weighted by Gasteiger charge is 2.64. The molecule has 0 aromatic heterocycles. The SMILES string of the molecule is C[Si](C)(C)C([SiH](CF)c1ccccc1)([Si](C)(C)C)[Si](C)(C)C. The van der Waals surface area contributed by atoms with Gasteiger partial charge in [-0.2, -0.15) is 0 Å². The maximum Gasteiger partial charge on any atom is 0.105 e. The van der Waals surface area contributed by atoms with Gasteiger partial charge in [0.1, 0.15) is 8.80 Å². The fraction of sp³-hybridized carbons (Fsp3) is 0.647. The molecule has 0 amide bonds. The zero-order valence-corrected chi connectivity index (χ0v) is 20.2. The first-order valence-corrected chi connectivity index (χ1v) is 20.9. The standard InChI is InChI=1S/C17H35FSi4/c1-20(2,3)17(21(4,5)6,22(7,8)9)19(15-18)16-13-11-10-12-14-16/h10-14,19H,15H2,1-9H3. The van der Waals surface area contributed by atoms with Crippen molar-refractivity contribution in [2.45, 2.75) is 62.8 Å². The molecule has 0 aliphatic carbocycles. The second-order valence-electron chi connectivity index (χ2n) is 9.68. The Morgan fingerprint density at radius 2 is 1.14 bits per heavy atom. The second-order valence-corrected chi connectivity index (χ2v) is 31.7. The van der Waals surface area contributed by atoms with Gasteiger partial charge in [-0.3, -0.25) is 4.39 Å². The lowest BCUT2D eigenvalue weighted by Gasteiger charge is -2.62. The number of hydrogen-bond donors (Lipinski definition) is 0. The van der Waals surface area contributed by atoms with Gasteiger partial charge in [0.2, 0.25) is 0 Å². The lowest BCUT2D eigenvalue weighted by molar-refractivity contribution is 0.587. The number of halogens is 1. The van der Waals surface area contributed by atoms with Crippen molar-refractivity contribution in [3.8, 4) is 0 Å². The normalized spacial score (nSPS) is 15.7. The molecule has 5 heteroatoms. The van der Waals surface area contributed by atoms with Gasteiger partial charge in [-0.25, -0.2) is 0 Å². The van der Waals surface area contributed by atoms with Crippen LogP contribution in [0.15, 0.2) is 30.3 Å². The Bertz CT molecular complexity index is 444. The van der Waals surface area contributed by atoms with Gasteiger partial charge in [-0.05, 0) is 3.91 Å². The first-order chi connectivity index (χ1) is 9.80. The van der Waals surface area contributed by atoms with Crippen LogP contribution in [0.1, 0.15) is 0 Å². The van der Waals surface area contributed by atoms with Crippen LogP contribution in [0, 0.1) is 0 Å². The minimum absolute atomic E-state index is 0.0805. The number of alkyl halides is 1. The highest BCUT2D eigenvalue weighted by molar-refractivity contribution is 7.27. The third kappa shape index (κ3) is 3.27. The average molecular weight is 371 g/mol. The summed E-state index contributed by atoms with van der Waals surface area (Å²) >= 11 is 0. The van der Waals surface area contributed by atoms with Crippen molar-refractivity contribution in [3.05, 3.63) is 30.3 Å². The Kier molecular flexibility index (Phi) is 5.92. The second kappa shape index (κ2) is 6.49. The van der Waals surface area contributed by atoms with Crippen LogP contribution in [-0.2, 0) is 0 Å². The lowest BCUT2D eigenvalue weighted by Crippen LogP contribution is -2.75. The van der Waals surface area contributed by atoms with Gasteiger partial charge in [0.15, 0.2) is 0 Å². The van der Waals surface area contributed by atoms with Crippen LogP contribution in [-0.4, -0.2) is 39.3 Å². The van der Waals surface area contributed by atoms with E-state index in [9.17, 15) is 4.39 Å². The fourth-order valence-corrected chi connectivity index (χ4v) is 49.4. The Hall–Kier alpha value is 0.0175. The maximum atomic E-state index is 14.6. The van der Waals surface area contributed by atoms with E-state index in [2.05, 4.69) is 89.3 Å². The van der Waals surface area contributed by atoms with E-state index in [1.165, 1.54) is 5.19 Å². The quantitative estimate of drug-likeness (QED) is 0.618. The molecule has 0 aliphatic rings. The Morgan fingerprint density at radius 1 is 0.773 bits per heavy atom. The van der Waals surface area contributed by atoms with Crippen molar-refractivity contribution in [1.29, 1.82) is 0 Å². The molecule has 0 fully saturated rings. The molecule has 1 aromatic rings. The number of hydrogen-bond acceptors (Lipinski definition) is 0. The zero-order valence-electron chi connectivity index (χ0n) is 16.0. The number of benzene rings is 1. The molecule has 1 atom stereocenters. The molecule has 0 N–H and O–H groups in total. The molecular formula is C17H35FSi4. The van der Waals surface area contributed by atoms with E-state index in [-0.39, 0.29) is 6.30 Å². The molecule has 0 radical (unpaired) electrons. The first-order valence-electron chi connectivity index (χ1n) is 8.41. The van der Waals surface area contributed by atoms with Crippen LogP contribution in [0.5, 0.6) is 0 Å². The van der Waals surface area contributed by atoms with Gasteiger partial charge in [0.05, 0.1) is 6.30 Å². The van der Waals surface area contributed by atoms with E-state index in [4.69, 9.17) is 0 Å². The van der Waals surface area contributed by atoms with Crippen LogP contribution in [0.2, 0.25) is 62.8 Å². The molecule has 1 aromatic carbocycles. The monoisotopic (exact) mass is 370 g/mol. The Morgan fingerprint density at radius 3 is 1.41 bits per heavy atom. The molecular weight excluding hydrogens is 336 g/mol. The summed E-state index contributed by atoms with van der Waals surface area (Å²) in [5.41, 5.74) is 0. The van der Waals surface area contributed by atoms with Crippen molar-refractivity contribution >= 4 is 38.2 Å². The van der Waals surface area contributed by atoms with Gasteiger partial charge >= 0.3 is 0 Å². The first kappa shape index (κ1) is 20.1. The van der Waals surface area contributed by atoms with Crippen molar-refractivity contribution < 1.29 is 4.39 Å². The van der Waals surface area contributed by atoms with Crippen molar-refractivity contribution in [2.24, 2.45) is 0 Å². The van der Waals surface area contributed by atoms with Crippen molar-refractivity contribution in [1.82, 2.24) is 0 Å². The van der Waals surface area contributed by atoms with Gasteiger partial charge in [-0.15, -0.1) is 0 Å². The highest BCUT2D eigenvalue weighted by atomic mass is 28.5. The van der Waals surface area contributed by atoms with Crippen LogP contribution in [0.25, 0.3) is 0 Å². The lowest BCUT2D eigenvalue weighted by atomic mass is 10.4. The Labute approximate surface area is 142 Å². The van der Waals surface area contributed by atoms with Crippen LogP contribution in [0.3, 0.4) is 0 Å². The minimum Gasteiger partial charge on any atom is -0.255 e. The van der Waals surface area contributed by atoms with E-state index in [0.717, 1.165) is 0 Å². The molecule has 22 heavy (non-hydrogen) atoms. The molecule has 1 rings (SSSR count). The summed E-state index contributed by atoms with van der Waals surface area (Å²) in [5.74, 6) is 0. The molecule has 0 spiro atoms. The van der Waals surface area contributed by atoms with Gasteiger partial charge in [-0.1, -0.05) is 94.4 Å². The summed E-state index contributed by atoms with van der Waals surface area (Å²) in [4.78, 5) is 0. The molecule has 0 heterocycles. The van der Waals surface area contributed by atoms with Gasteiger partial charge in [0.25, 0.3) is 0 Å². The fourth-order valence-electron chi connectivity index (χ4n) is 6.08. The highest BCUT2D eigenvalue weighted by Crippen LogP contribution is 2.55. The van der Waals surface area contributed by atoms with E-state index in [1.807, 2.05) is 0 Å². The van der Waals surface area contributed by atoms with Crippen LogP contribution >= 0.6 is 0 Å². The molecule has 0 aliphatic heterocycles. The summed E-state index contributed by atoms with van der Waals surface area (Å²) in [7, 11) is -6.27. The largest absolute Gasteiger partial charge is 0.255 e. The van der Waals surface area contributed by atoms with E-state index >= 15 is 0 Å².